The van der Waals surface area contributed by atoms with Crippen LogP contribution in [0.25, 0.3) is 11.0 Å². The van der Waals surface area contributed by atoms with Gasteiger partial charge in [-0.1, -0.05) is 0 Å². The molecule has 0 aliphatic rings. The topological polar surface area (TPSA) is 43.8 Å². The molecule has 2 N–H and O–H groups in total. The van der Waals surface area contributed by atoms with Crippen LogP contribution < -0.4 is 5.73 Å². The third-order valence-electron chi connectivity index (χ3n) is 2.55. The summed E-state index contributed by atoms with van der Waals surface area (Å²) in [6.07, 6.45) is 0.666. The number of aryl methyl sites for hydroxylation is 1. The van der Waals surface area contributed by atoms with Crippen molar-refractivity contribution in [3.63, 3.8) is 0 Å². The van der Waals surface area contributed by atoms with Crippen molar-refractivity contribution in [2.45, 2.75) is 25.8 Å². The number of imidazole rings is 1. The van der Waals surface area contributed by atoms with Crippen LogP contribution in [0, 0.1) is 5.82 Å². The van der Waals surface area contributed by atoms with E-state index in [1.807, 2.05) is 25.5 Å². The molecule has 0 atom stereocenters. The number of hydrogen-bond acceptors (Lipinski definition) is 2. The molecule has 0 amide bonds. The zero-order valence-corrected chi connectivity index (χ0v) is 9.79. The molecule has 1 aromatic carbocycles. The van der Waals surface area contributed by atoms with Gasteiger partial charge in [-0.3, -0.25) is 0 Å². The Bertz CT molecular complexity index is 523. The SMILES string of the molecule is Cn1c(CC(C)(C)N)nc2cc(F)ccc21. The molecular weight excluding hydrogens is 205 g/mol. The molecule has 1 heterocycles. The molecule has 0 unspecified atom stereocenters. The normalized spacial score (nSPS) is 12.3. The zero-order valence-electron chi connectivity index (χ0n) is 9.79. The molecule has 3 nitrogen and oxygen atoms in total. The minimum absolute atomic E-state index is 0.260. The van der Waals surface area contributed by atoms with Crippen LogP contribution in [-0.4, -0.2) is 15.1 Å². The third-order valence-corrected chi connectivity index (χ3v) is 2.55. The highest BCUT2D eigenvalue weighted by atomic mass is 19.1. The van der Waals surface area contributed by atoms with Gasteiger partial charge in [0.25, 0.3) is 0 Å². The Labute approximate surface area is 94.1 Å². The molecule has 0 spiro atoms. The quantitative estimate of drug-likeness (QED) is 0.842. The van der Waals surface area contributed by atoms with Gasteiger partial charge in [0.2, 0.25) is 0 Å². The van der Waals surface area contributed by atoms with Gasteiger partial charge in [0.05, 0.1) is 11.0 Å². The Morgan fingerprint density at radius 1 is 1.44 bits per heavy atom. The molecular formula is C12H16FN3. The molecule has 0 aliphatic heterocycles. The molecule has 1 aromatic heterocycles. The molecule has 0 aliphatic carbocycles. The second kappa shape index (κ2) is 3.56. The molecule has 16 heavy (non-hydrogen) atoms. The van der Waals surface area contributed by atoms with E-state index in [1.54, 1.807) is 6.07 Å². The van der Waals surface area contributed by atoms with Crippen molar-refractivity contribution < 1.29 is 4.39 Å². The lowest BCUT2D eigenvalue weighted by atomic mass is 10.0. The van der Waals surface area contributed by atoms with Crippen LogP contribution in [-0.2, 0) is 13.5 Å². The van der Waals surface area contributed by atoms with Gasteiger partial charge in [-0.05, 0) is 26.0 Å². The number of nitrogens with zero attached hydrogens (tertiary/aromatic N) is 2. The Morgan fingerprint density at radius 3 is 2.75 bits per heavy atom. The molecule has 0 radical (unpaired) electrons. The predicted molar refractivity (Wildman–Crippen MR) is 62.6 cm³/mol. The van der Waals surface area contributed by atoms with Crippen molar-refractivity contribution in [1.82, 2.24) is 9.55 Å². The monoisotopic (exact) mass is 221 g/mol. The first kappa shape index (κ1) is 11.1. The fourth-order valence-corrected chi connectivity index (χ4v) is 1.79. The number of rotatable bonds is 2. The third kappa shape index (κ3) is 2.07. The number of benzene rings is 1. The Kier molecular flexibility index (Phi) is 2.46. The minimum atomic E-state index is -0.312. The van der Waals surface area contributed by atoms with E-state index in [1.165, 1.54) is 12.1 Å². The van der Waals surface area contributed by atoms with Crippen molar-refractivity contribution in [1.29, 1.82) is 0 Å². The predicted octanol–water partition coefficient (Wildman–Crippen LogP) is 1.99. The minimum Gasteiger partial charge on any atom is -0.331 e. The molecule has 4 heteroatoms. The summed E-state index contributed by atoms with van der Waals surface area (Å²) in [6.45, 7) is 3.90. The largest absolute Gasteiger partial charge is 0.331 e. The molecule has 2 rings (SSSR count). The van der Waals surface area contributed by atoms with Crippen molar-refractivity contribution in [3.05, 3.63) is 29.8 Å². The van der Waals surface area contributed by atoms with Crippen molar-refractivity contribution in [2.75, 3.05) is 0 Å². The molecule has 2 aromatic rings. The van der Waals surface area contributed by atoms with Crippen LogP contribution in [0.15, 0.2) is 18.2 Å². The van der Waals surface area contributed by atoms with Gasteiger partial charge in [-0.15, -0.1) is 0 Å². The molecule has 0 saturated carbocycles. The van der Waals surface area contributed by atoms with E-state index in [4.69, 9.17) is 5.73 Å². The van der Waals surface area contributed by atoms with Crippen LogP contribution in [0.1, 0.15) is 19.7 Å². The Hall–Kier alpha value is -1.42. The van der Waals surface area contributed by atoms with Gasteiger partial charge in [0.15, 0.2) is 0 Å². The molecule has 86 valence electrons. The summed E-state index contributed by atoms with van der Waals surface area (Å²) >= 11 is 0. The summed E-state index contributed by atoms with van der Waals surface area (Å²) in [5.74, 6) is 0.622. The summed E-state index contributed by atoms with van der Waals surface area (Å²) in [4.78, 5) is 4.40. The lowest BCUT2D eigenvalue weighted by Gasteiger charge is -2.17. The van der Waals surface area contributed by atoms with Crippen molar-refractivity contribution in [2.24, 2.45) is 12.8 Å². The summed E-state index contributed by atoms with van der Waals surface area (Å²) in [5, 5.41) is 0. The lowest BCUT2D eigenvalue weighted by molar-refractivity contribution is 0.495. The fraction of sp³-hybridized carbons (Fsp3) is 0.417. The second-order valence-corrected chi connectivity index (χ2v) is 4.89. The maximum Gasteiger partial charge on any atom is 0.125 e. The van der Waals surface area contributed by atoms with Gasteiger partial charge < -0.3 is 10.3 Å². The van der Waals surface area contributed by atoms with E-state index in [2.05, 4.69) is 4.98 Å². The van der Waals surface area contributed by atoms with E-state index in [-0.39, 0.29) is 11.4 Å². The average Bonchev–Trinajstić information content (AvgIpc) is 2.40. The summed E-state index contributed by atoms with van der Waals surface area (Å²) in [7, 11) is 1.92. The number of hydrogen-bond donors (Lipinski definition) is 1. The smallest absolute Gasteiger partial charge is 0.125 e. The number of aromatic nitrogens is 2. The highest BCUT2D eigenvalue weighted by molar-refractivity contribution is 5.75. The first-order chi connectivity index (χ1) is 7.37. The maximum atomic E-state index is 13.0. The van der Waals surface area contributed by atoms with Gasteiger partial charge in [0.1, 0.15) is 11.6 Å². The molecule has 0 fully saturated rings. The van der Waals surface area contributed by atoms with Crippen LogP contribution >= 0.6 is 0 Å². The average molecular weight is 221 g/mol. The first-order valence-electron chi connectivity index (χ1n) is 5.26. The Morgan fingerprint density at radius 2 is 2.12 bits per heavy atom. The number of halogens is 1. The molecule has 0 saturated heterocycles. The highest BCUT2D eigenvalue weighted by Gasteiger charge is 2.17. The molecule has 0 bridgehead atoms. The van der Waals surface area contributed by atoms with E-state index >= 15 is 0 Å². The Balaban J connectivity index is 2.52. The van der Waals surface area contributed by atoms with Crippen molar-refractivity contribution in [3.8, 4) is 0 Å². The zero-order chi connectivity index (χ0) is 11.9. The van der Waals surface area contributed by atoms with Crippen LogP contribution in [0.2, 0.25) is 0 Å². The van der Waals surface area contributed by atoms with Crippen LogP contribution in [0.3, 0.4) is 0 Å². The maximum absolute atomic E-state index is 13.0. The lowest BCUT2D eigenvalue weighted by Crippen LogP contribution is -2.35. The van der Waals surface area contributed by atoms with E-state index in [0.717, 1.165) is 11.3 Å². The van der Waals surface area contributed by atoms with E-state index < -0.39 is 0 Å². The van der Waals surface area contributed by atoms with Crippen molar-refractivity contribution >= 4 is 11.0 Å². The number of fused-ring (bicyclic) bond motifs is 1. The summed E-state index contributed by atoms with van der Waals surface area (Å²) < 4.78 is 15.0. The summed E-state index contributed by atoms with van der Waals surface area (Å²) in [5.41, 5.74) is 7.26. The van der Waals surface area contributed by atoms with Crippen LogP contribution in [0.5, 0.6) is 0 Å². The summed E-state index contributed by atoms with van der Waals surface area (Å²) in [6, 6.07) is 4.63. The van der Waals surface area contributed by atoms with Gasteiger partial charge in [-0.2, -0.15) is 0 Å². The van der Waals surface area contributed by atoms with Gasteiger partial charge in [-0.25, -0.2) is 9.37 Å². The number of nitrogens with two attached hydrogens (primary N) is 1. The standard InChI is InChI=1S/C12H16FN3/c1-12(2,14)7-11-15-9-6-8(13)4-5-10(9)16(11)3/h4-6H,7,14H2,1-3H3. The fourth-order valence-electron chi connectivity index (χ4n) is 1.79. The van der Waals surface area contributed by atoms with Crippen LogP contribution in [0.4, 0.5) is 4.39 Å². The van der Waals surface area contributed by atoms with Gasteiger partial charge >= 0.3 is 0 Å². The van der Waals surface area contributed by atoms with Gasteiger partial charge in [0, 0.05) is 25.1 Å². The second-order valence-electron chi connectivity index (χ2n) is 4.89. The highest BCUT2D eigenvalue weighted by Crippen LogP contribution is 2.18. The van der Waals surface area contributed by atoms with E-state index in [9.17, 15) is 4.39 Å². The first-order valence-corrected chi connectivity index (χ1v) is 5.26. The van der Waals surface area contributed by atoms with E-state index in [0.29, 0.717) is 11.9 Å².